The molecule has 3 heterocycles. The zero-order chi connectivity index (χ0) is 12.2. The second-order valence-corrected chi connectivity index (χ2v) is 4.87. The summed E-state index contributed by atoms with van der Waals surface area (Å²) in [6.07, 6.45) is 0. The zero-order valence-corrected chi connectivity index (χ0v) is 10.2. The minimum Gasteiger partial charge on any atom is -0.341 e. The van der Waals surface area contributed by atoms with Crippen LogP contribution in [0, 0.1) is 5.92 Å². The van der Waals surface area contributed by atoms with Crippen LogP contribution in [-0.4, -0.2) is 18.5 Å². The highest BCUT2D eigenvalue weighted by atomic mass is 16.2. The molecule has 3 aliphatic rings. The maximum Gasteiger partial charge on any atom is 0.236 e. The molecule has 2 unspecified atom stereocenters. The Bertz CT molecular complexity index is 509. The van der Waals surface area contributed by atoms with E-state index in [1.807, 2.05) is 30.0 Å². The van der Waals surface area contributed by atoms with Gasteiger partial charge in [-0.05, 0) is 26.0 Å². The van der Waals surface area contributed by atoms with E-state index in [0.29, 0.717) is 0 Å². The van der Waals surface area contributed by atoms with E-state index in [-0.39, 0.29) is 17.9 Å². The van der Waals surface area contributed by atoms with Gasteiger partial charge in [0.05, 0.1) is 23.3 Å². The van der Waals surface area contributed by atoms with Gasteiger partial charge in [-0.2, -0.15) is 0 Å². The first-order valence-electron chi connectivity index (χ1n) is 5.99. The number of rotatable bonds is 0. The molecule has 2 atom stereocenters. The molecule has 0 aromatic heterocycles. The van der Waals surface area contributed by atoms with E-state index in [2.05, 4.69) is 24.5 Å². The van der Waals surface area contributed by atoms with Crippen LogP contribution in [0.25, 0.3) is 0 Å². The van der Waals surface area contributed by atoms with Gasteiger partial charge in [0.25, 0.3) is 0 Å². The molecule has 0 aliphatic carbocycles. The Morgan fingerprint density at radius 2 is 1.88 bits per heavy atom. The number of hydrogen-bond acceptors (Lipinski definition) is 2. The summed E-state index contributed by atoms with van der Waals surface area (Å²) in [5, 5.41) is 0. The van der Waals surface area contributed by atoms with Crippen LogP contribution >= 0.6 is 0 Å². The molecule has 0 radical (unpaired) electrons. The van der Waals surface area contributed by atoms with Crippen LogP contribution in [0.4, 0.5) is 11.4 Å². The maximum absolute atomic E-state index is 12.4. The quantitative estimate of drug-likeness (QED) is 0.680. The van der Waals surface area contributed by atoms with Crippen molar-refractivity contribution in [1.29, 1.82) is 0 Å². The van der Waals surface area contributed by atoms with Crippen molar-refractivity contribution in [2.75, 3.05) is 16.3 Å². The first kappa shape index (κ1) is 10.4. The highest BCUT2D eigenvalue weighted by molar-refractivity contribution is 6.03. The van der Waals surface area contributed by atoms with Crippen LogP contribution in [0.1, 0.15) is 13.8 Å². The molecule has 4 rings (SSSR count). The van der Waals surface area contributed by atoms with Gasteiger partial charge in [0.1, 0.15) is 0 Å². The van der Waals surface area contributed by atoms with Gasteiger partial charge in [0.2, 0.25) is 5.91 Å². The summed E-state index contributed by atoms with van der Waals surface area (Å²) >= 11 is 0. The number of benzene rings is 1. The third-order valence-electron chi connectivity index (χ3n) is 3.77. The van der Waals surface area contributed by atoms with Gasteiger partial charge < -0.3 is 9.80 Å². The Kier molecular flexibility index (Phi) is 2.05. The number of carbonyl (C=O) groups is 1. The molecule has 0 saturated carbocycles. The number of amides is 1. The van der Waals surface area contributed by atoms with Crippen molar-refractivity contribution in [1.82, 2.24) is 0 Å². The SMILES string of the molecule is C=C1C(C)C(=O)N2c3ccccc3N1CC2C. The highest BCUT2D eigenvalue weighted by Crippen LogP contribution is 2.42. The smallest absolute Gasteiger partial charge is 0.236 e. The molecular weight excluding hydrogens is 212 g/mol. The molecule has 1 aromatic rings. The molecule has 3 aliphatic heterocycles. The zero-order valence-electron chi connectivity index (χ0n) is 10.2. The van der Waals surface area contributed by atoms with Gasteiger partial charge in [-0.1, -0.05) is 18.7 Å². The van der Waals surface area contributed by atoms with Crippen molar-refractivity contribution >= 4 is 17.3 Å². The van der Waals surface area contributed by atoms with Crippen LogP contribution in [0.2, 0.25) is 0 Å². The van der Waals surface area contributed by atoms with Crippen molar-refractivity contribution < 1.29 is 4.79 Å². The fourth-order valence-corrected chi connectivity index (χ4v) is 2.77. The Morgan fingerprint density at radius 1 is 1.24 bits per heavy atom. The molecule has 0 N–H and O–H groups in total. The largest absolute Gasteiger partial charge is 0.341 e. The van der Waals surface area contributed by atoms with E-state index in [4.69, 9.17) is 0 Å². The molecule has 1 aromatic carbocycles. The van der Waals surface area contributed by atoms with E-state index >= 15 is 0 Å². The maximum atomic E-state index is 12.4. The van der Waals surface area contributed by atoms with E-state index in [0.717, 1.165) is 23.6 Å². The van der Waals surface area contributed by atoms with Crippen LogP contribution in [0.15, 0.2) is 36.5 Å². The van der Waals surface area contributed by atoms with Crippen LogP contribution in [-0.2, 0) is 4.79 Å². The molecule has 3 heteroatoms. The number of para-hydroxylation sites is 2. The lowest BCUT2D eigenvalue weighted by Crippen LogP contribution is -2.46. The Balaban J connectivity index is 2.27. The van der Waals surface area contributed by atoms with Gasteiger partial charge >= 0.3 is 0 Å². The summed E-state index contributed by atoms with van der Waals surface area (Å²) in [6, 6.07) is 8.27. The molecule has 1 fully saturated rings. The lowest BCUT2D eigenvalue weighted by Gasteiger charge is -2.38. The number of fused-ring (bicyclic) bond motifs is 3. The van der Waals surface area contributed by atoms with Crippen LogP contribution < -0.4 is 9.80 Å². The van der Waals surface area contributed by atoms with Gasteiger partial charge in [-0.15, -0.1) is 0 Å². The predicted molar refractivity (Wildman–Crippen MR) is 69.0 cm³/mol. The molecule has 88 valence electrons. The summed E-state index contributed by atoms with van der Waals surface area (Å²) in [6.45, 7) is 8.96. The summed E-state index contributed by atoms with van der Waals surface area (Å²) in [4.78, 5) is 16.5. The first-order valence-corrected chi connectivity index (χ1v) is 5.99. The third kappa shape index (κ3) is 1.25. The third-order valence-corrected chi connectivity index (χ3v) is 3.77. The lowest BCUT2D eigenvalue weighted by atomic mass is 10.1. The molecule has 1 amide bonds. The number of hydrogen-bond donors (Lipinski definition) is 0. The average molecular weight is 228 g/mol. The van der Waals surface area contributed by atoms with Gasteiger partial charge in [-0.25, -0.2) is 0 Å². The molecule has 0 spiro atoms. The van der Waals surface area contributed by atoms with Crippen molar-refractivity contribution in [2.24, 2.45) is 5.92 Å². The standard InChI is InChI=1S/C14H16N2O/c1-9-8-15-11(3)10(2)14(17)16(9)13-7-5-4-6-12(13)15/h4-7,9-10H,3,8H2,1-2H3. The molecule has 3 nitrogen and oxygen atoms in total. The van der Waals surface area contributed by atoms with Gasteiger partial charge in [0.15, 0.2) is 0 Å². The number of nitrogens with zero attached hydrogens (tertiary/aromatic N) is 2. The molecule has 17 heavy (non-hydrogen) atoms. The summed E-state index contributed by atoms with van der Waals surface area (Å²) in [7, 11) is 0. The van der Waals surface area contributed by atoms with Gasteiger partial charge in [-0.3, -0.25) is 4.79 Å². The van der Waals surface area contributed by atoms with E-state index in [1.165, 1.54) is 0 Å². The number of carbonyl (C=O) groups excluding carboxylic acids is 1. The van der Waals surface area contributed by atoms with Crippen LogP contribution in [0.3, 0.4) is 0 Å². The second kappa shape index (κ2) is 3.36. The fraction of sp³-hybridized carbons (Fsp3) is 0.357. The van der Waals surface area contributed by atoms with Crippen molar-refractivity contribution in [3.8, 4) is 0 Å². The van der Waals surface area contributed by atoms with Crippen molar-refractivity contribution in [3.63, 3.8) is 0 Å². The Hall–Kier alpha value is -1.77. The minimum absolute atomic E-state index is 0.132. The van der Waals surface area contributed by atoms with E-state index in [9.17, 15) is 4.79 Å². The minimum atomic E-state index is -0.132. The molecular formula is C14H16N2O. The Labute approximate surface area is 101 Å². The number of anilines is 2. The molecule has 1 saturated heterocycles. The second-order valence-electron chi connectivity index (χ2n) is 4.87. The summed E-state index contributed by atoms with van der Waals surface area (Å²) in [5.74, 6) is 0.0299. The monoisotopic (exact) mass is 228 g/mol. The topological polar surface area (TPSA) is 23.6 Å². The lowest BCUT2D eigenvalue weighted by molar-refractivity contribution is -0.120. The predicted octanol–water partition coefficient (Wildman–Crippen LogP) is 2.39. The summed E-state index contributed by atoms with van der Waals surface area (Å²) < 4.78 is 0. The van der Waals surface area contributed by atoms with Gasteiger partial charge in [0, 0.05) is 12.2 Å². The fourth-order valence-electron chi connectivity index (χ4n) is 2.77. The Morgan fingerprint density at radius 3 is 2.59 bits per heavy atom. The summed E-state index contributed by atoms with van der Waals surface area (Å²) in [5.41, 5.74) is 3.03. The van der Waals surface area contributed by atoms with E-state index in [1.54, 1.807) is 0 Å². The molecule has 2 bridgehead atoms. The van der Waals surface area contributed by atoms with Crippen molar-refractivity contribution in [3.05, 3.63) is 36.5 Å². The van der Waals surface area contributed by atoms with E-state index < -0.39 is 0 Å². The van der Waals surface area contributed by atoms with Crippen LogP contribution in [0.5, 0.6) is 0 Å². The normalized spacial score (nSPS) is 27.2. The first-order chi connectivity index (χ1) is 8.11. The van der Waals surface area contributed by atoms with Crippen molar-refractivity contribution in [2.45, 2.75) is 19.9 Å². The average Bonchev–Trinajstić information content (AvgIpc) is 2.46. The highest BCUT2D eigenvalue weighted by Gasteiger charge is 2.41.